The van der Waals surface area contributed by atoms with Gasteiger partial charge in [-0.1, -0.05) is 18.2 Å². The summed E-state index contributed by atoms with van der Waals surface area (Å²) in [6, 6.07) is 8.05. The summed E-state index contributed by atoms with van der Waals surface area (Å²) >= 11 is 5.76. The molecule has 0 amide bonds. The summed E-state index contributed by atoms with van der Waals surface area (Å²) in [6.45, 7) is 5.11. The summed E-state index contributed by atoms with van der Waals surface area (Å²) in [5, 5.41) is 3.49. The number of para-hydroxylation sites is 1. The van der Waals surface area contributed by atoms with Crippen LogP contribution in [0.5, 0.6) is 5.75 Å². The zero-order valence-corrected chi connectivity index (χ0v) is 11.0. The monoisotopic (exact) mass is 241 g/mol. The number of benzene rings is 1. The highest BCUT2D eigenvalue weighted by atomic mass is 35.5. The quantitative estimate of drug-likeness (QED) is 0.773. The fourth-order valence-corrected chi connectivity index (χ4v) is 1.98. The lowest BCUT2D eigenvalue weighted by Gasteiger charge is -2.25. The smallest absolute Gasteiger partial charge is 0.123 e. The molecule has 0 aromatic heterocycles. The largest absolute Gasteiger partial charge is 0.496 e. The van der Waals surface area contributed by atoms with Crippen molar-refractivity contribution in [3.63, 3.8) is 0 Å². The van der Waals surface area contributed by atoms with Gasteiger partial charge in [-0.15, -0.1) is 11.6 Å². The van der Waals surface area contributed by atoms with Crippen molar-refractivity contribution in [1.82, 2.24) is 5.32 Å². The predicted molar refractivity (Wildman–Crippen MR) is 69.2 cm³/mol. The number of halogens is 1. The van der Waals surface area contributed by atoms with Crippen LogP contribution in [0.15, 0.2) is 24.3 Å². The van der Waals surface area contributed by atoms with Crippen molar-refractivity contribution in [3.05, 3.63) is 29.8 Å². The second kappa shape index (κ2) is 6.12. The zero-order valence-electron chi connectivity index (χ0n) is 10.2. The van der Waals surface area contributed by atoms with Crippen molar-refractivity contribution in [1.29, 1.82) is 0 Å². The molecule has 0 atom stereocenters. The molecule has 0 saturated carbocycles. The Morgan fingerprint density at radius 2 is 2.00 bits per heavy atom. The van der Waals surface area contributed by atoms with Crippen LogP contribution in [0.25, 0.3) is 0 Å². The molecule has 2 nitrogen and oxygen atoms in total. The topological polar surface area (TPSA) is 21.3 Å². The molecule has 0 aliphatic rings. The Hall–Kier alpha value is -0.730. The van der Waals surface area contributed by atoms with Crippen LogP contribution < -0.4 is 10.1 Å². The first-order valence-corrected chi connectivity index (χ1v) is 6.05. The van der Waals surface area contributed by atoms with Crippen LogP contribution in [0.1, 0.15) is 25.8 Å². The molecule has 0 unspecified atom stereocenters. The van der Waals surface area contributed by atoms with Crippen LogP contribution in [0.2, 0.25) is 0 Å². The zero-order chi connectivity index (χ0) is 12.0. The van der Waals surface area contributed by atoms with Crippen molar-refractivity contribution >= 4 is 11.6 Å². The van der Waals surface area contributed by atoms with Gasteiger partial charge in [-0.2, -0.15) is 0 Å². The number of ether oxygens (including phenoxy) is 1. The van der Waals surface area contributed by atoms with Crippen LogP contribution in [0, 0.1) is 0 Å². The van der Waals surface area contributed by atoms with Gasteiger partial charge in [0.15, 0.2) is 0 Å². The molecule has 0 aliphatic heterocycles. The molecule has 3 heteroatoms. The van der Waals surface area contributed by atoms with Gasteiger partial charge in [0, 0.05) is 23.5 Å². The predicted octanol–water partition coefficient (Wildman–Crippen LogP) is 3.19. The molecule has 0 heterocycles. The molecular weight excluding hydrogens is 222 g/mol. The number of hydrogen-bond acceptors (Lipinski definition) is 2. The molecule has 0 bridgehead atoms. The second-order valence-corrected chi connectivity index (χ2v) is 4.87. The molecule has 0 saturated heterocycles. The number of nitrogens with one attached hydrogen (secondary N) is 1. The van der Waals surface area contributed by atoms with E-state index in [-0.39, 0.29) is 5.54 Å². The average molecular weight is 242 g/mol. The third-order valence-corrected chi connectivity index (χ3v) is 2.86. The standard InChI is InChI=1S/C13H20ClNO/c1-13(2,8-9-14)15-10-11-6-4-5-7-12(11)16-3/h4-7,15H,8-10H2,1-3H3. The maximum absolute atomic E-state index is 5.76. The SMILES string of the molecule is COc1ccccc1CNC(C)(C)CCCl. The highest BCUT2D eigenvalue weighted by Crippen LogP contribution is 2.18. The molecule has 1 N–H and O–H groups in total. The molecular formula is C13H20ClNO. The fraction of sp³-hybridized carbons (Fsp3) is 0.538. The van der Waals surface area contributed by atoms with Crippen LogP contribution in [0.4, 0.5) is 0 Å². The minimum Gasteiger partial charge on any atom is -0.496 e. The molecule has 0 spiro atoms. The van der Waals surface area contributed by atoms with E-state index >= 15 is 0 Å². The Bertz CT molecular complexity index is 325. The van der Waals surface area contributed by atoms with Crippen molar-refractivity contribution in [2.24, 2.45) is 0 Å². The van der Waals surface area contributed by atoms with Crippen molar-refractivity contribution in [2.45, 2.75) is 32.4 Å². The van der Waals surface area contributed by atoms with E-state index in [9.17, 15) is 0 Å². The van der Waals surface area contributed by atoms with E-state index in [1.807, 2.05) is 18.2 Å². The average Bonchev–Trinajstić information content (AvgIpc) is 2.27. The molecule has 0 radical (unpaired) electrons. The molecule has 90 valence electrons. The number of methoxy groups -OCH3 is 1. The third kappa shape index (κ3) is 4.03. The summed E-state index contributed by atoms with van der Waals surface area (Å²) in [5.74, 6) is 1.60. The molecule has 0 aliphatic carbocycles. The van der Waals surface area contributed by atoms with E-state index in [1.165, 1.54) is 5.56 Å². The van der Waals surface area contributed by atoms with E-state index in [4.69, 9.17) is 16.3 Å². The highest BCUT2D eigenvalue weighted by Gasteiger charge is 2.16. The van der Waals surface area contributed by atoms with Gasteiger partial charge in [0.25, 0.3) is 0 Å². The number of rotatable bonds is 6. The van der Waals surface area contributed by atoms with Crippen LogP contribution in [-0.2, 0) is 6.54 Å². The minimum absolute atomic E-state index is 0.0581. The Labute approximate surface area is 103 Å². The lowest BCUT2D eigenvalue weighted by molar-refractivity contribution is 0.365. The van der Waals surface area contributed by atoms with Crippen LogP contribution >= 0.6 is 11.6 Å². The third-order valence-electron chi connectivity index (χ3n) is 2.67. The number of hydrogen-bond donors (Lipinski definition) is 1. The fourth-order valence-electron chi connectivity index (χ4n) is 1.51. The Kier molecular flexibility index (Phi) is 5.10. The van der Waals surface area contributed by atoms with Gasteiger partial charge in [-0.25, -0.2) is 0 Å². The van der Waals surface area contributed by atoms with Gasteiger partial charge < -0.3 is 10.1 Å². The van der Waals surface area contributed by atoms with Crippen molar-refractivity contribution in [3.8, 4) is 5.75 Å². The van der Waals surface area contributed by atoms with Gasteiger partial charge in [-0.05, 0) is 26.3 Å². The highest BCUT2D eigenvalue weighted by molar-refractivity contribution is 6.17. The summed E-state index contributed by atoms with van der Waals surface area (Å²) in [7, 11) is 1.70. The normalized spacial score (nSPS) is 11.5. The van der Waals surface area contributed by atoms with Crippen molar-refractivity contribution < 1.29 is 4.74 Å². The first kappa shape index (κ1) is 13.3. The van der Waals surface area contributed by atoms with Gasteiger partial charge in [-0.3, -0.25) is 0 Å². The van der Waals surface area contributed by atoms with E-state index in [2.05, 4.69) is 25.2 Å². The maximum atomic E-state index is 5.76. The Morgan fingerprint density at radius 1 is 1.31 bits per heavy atom. The van der Waals surface area contributed by atoms with Crippen LogP contribution in [-0.4, -0.2) is 18.5 Å². The lowest BCUT2D eigenvalue weighted by Crippen LogP contribution is -2.39. The molecule has 1 rings (SSSR count). The summed E-state index contributed by atoms with van der Waals surface area (Å²) in [4.78, 5) is 0. The molecule has 16 heavy (non-hydrogen) atoms. The van der Waals surface area contributed by atoms with E-state index in [0.29, 0.717) is 5.88 Å². The van der Waals surface area contributed by atoms with Gasteiger partial charge in [0.2, 0.25) is 0 Å². The first-order chi connectivity index (χ1) is 7.59. The molecule has 1 aromatic rings. The van der Waals surface area contributed by atoms with E-state index < -0.39 is 0 Å². The summed E-state index contributed by atoms with van der Waals surface area (Å²) in [5.41, 5.74) is 1.23. The van der Waals surface area contributed by atoms with Gasteiger partial charge in [0.05, 0.1) is 7.11 Å². The first-order valence-electron chi connectivity index (χ1n) is 5.52. The van der Waals surface area contributed by atoms with Gasteiger partial charge in [0.1, 0.15) is 5.75 Å². The Morgan fingerprint density at radius 3 is 2.62 bits per heavy atom. The molecule has 1 aromatic carbocycles. The Balaban J connectivity index is 2.60. The van der Waals surface area contributed by atoms with E-state index in [1.54, 1.807) is 7.11 Å². The molecule has 0 fully saturated rings. The maximum Gasteiger partial charge on any atom is 0.123 e. The minimum atomic E-state index is 0.0581. The number of alkyl halides is 1. The van der Waals surface area contributed by atoms with Crippen molar-refractivity contribution in [2.75, 3.05) is 13.0 Å². The summed E-state index contributed by atoms with van der Waals surface area (Å²) < 4.78 is 5.30. The van der Waals surface area contributed by atoms with Crippen LogP contribution in [0.3, 0.4) is 0 Å². The lowest BCUT2D eigenvalue weighted by atomic mass is 10.0. The van der Waals surface area contributed by atoms with Gasteiger partial charge >= 0.3 is 0 Å². The summed E-state index contributed by atoms with van der Waals surface area (Å²) in [6.07, 6.45) is 0.948. The second-order valence-electron chi connectivity index (χ2n) is 4.49. The van der Waals surface area contributed by atoms with E-state index in [0.717, 1.165) is 18.7 Å².